The number of carbonyl (C=O) groups excluding carboxylic acids is 1. The number of non-ortho nitro benzene ring substituents is 2. The summed E-state index contributed by atoms with van der Waals surface area (Å²) in [6.45, 7) is 1.64. The molecule has 61 heavy (non-hydrogen) atoms. The SMILES string of the molecule is C1CCOC1.COC(=O)c1cc(Cc2ccc(OC)c(-c3cccc([N+](=O)[O-])c3)c2)ccc1F.COc1ccc(Cc2ccc(F)c(CO)c2)cc1-c1cccc([N+](=O)[O-])c1. The fourth-order valence-corrected chi connectivity index (χ4v) is 6.55. The van der Waals surface area contributed by atoms with E-state index in [2.05, 4.69) is 4.74 Å². The van der Waals surface area contributed by atoms with E-state index in [1.807, 2.05) is 24.3 Å². The quantitative estimate of drug-likeness (QED) is 0.0714. The van der Waals surface area contributed by atoms with Crippen molar-refractivity contribution in [2.45, 2.75) is 32.3 Å². The molecule has 1 fully saturated rings. The maximum atomic E-state index is 13.9. The highest BCUT2D eigenvalue weighted by Crippen LogP contribution is 2.35. The van der Waals surface area contributed by atoms with Crippen molar-refractivity contribution in [2.24, 2.45) is 0 Å². The van der Waals surface area contributed by atoms with Crippen LogP contribution in [0.5, 0.6) is 11.5 Å². The average molecular weight is 835 g/mol. The first-order chi connectivity index (χ1) is 29.4. The maximum Gasteiger partial charge on any atom is 0.340 e. The molecule has 0 unspecified atom stereocenters. The lowest BCUT2D eigenvalue weighted by atomic mass is 9.97. The number of aliphatic hydroxyl groups is 1. The van der Waals surface area contributed by atoms with E-state index in [1.54, 1.807) is 61.7 Å². The van der Waals surface area contributed by atoms with Gasteiger partial charge in [-0.2, -0.15) is 0 Å². The highest BCUT2D eigenvalue weighted by molar-refractivity contribution is 5.89. The number of ether oxygens (including phenoxy) is 4. The number of benzene rings is 6. The average Bonchev–Trinajstić information content (AvgIpc) is 3.88. The summed E-state index contributed by atoms with van der Waals surface area (Å²) in [5.74, 6) is -0.643. The molecular formula is C47H44F2N2O10. The second-order valence-corrected chi connectivity index (χ2v) is 13.7. The van der Waals surface area contributed by atoms with Crippen molar-refractivity contribution >= 4 is 17.3 Å². The van der Waals surface area contributed by atoms with Gasteiger partial charge in [-0.05, 0) is 102 Å². The van der Waals surface area contributed by atoms with Crippen LogP contribution in [0, 0.1) is 31.9 Å². The second-order valence-electron chi connectivity index (χ2n) is 13.7. The molecule has 0 aliphatic carbocycles. The third-order valence-electron chi connectivity index (χ3n) is 9.62. The van der Waals surface area contributed by atoms with E-state index in [4.69, 9.17) is 14.2 Å². The first kappa shape index (κ1) is 45.1. The Labute approximate surface area is 351 Å². The number of hydrogen-bond acceptors (Lipinski definition) is 10. The molecule has 0 aromatic heterocycles. The molecule has 1 N–H and O–H groups in total. The van der Waals surface area contributed by atoms with Gasteiger partial charge in [-0.1, -0.05) is 54.6 Å². The fraction of sp³-hybridized carbons (Fsp3) is 0.213. The smallest absolute Gasteiger partial charge is 0.340 e. The van der Waals surface area contributed by atoms with Crippen molar-refractivity contribution in [2.75, 3.05) is 34.5 Å². The van der Waals surface area contributed by atoms with Crippen LogP contribution in [0.25, 0.3) is 22.3 Å². The van der Waals surface area contributed by atoms with E-state index >= 15 is 0 Å². The minimum atomic E-state index is -0.739. The van der Waals surface area contributed by atoms with Crippen LogP contribution in [-0.2, 0) is 28.9 Å². The summed E-state index contributed by atoms with van der Waals surface area (Å²) in [7, 11) is 4.27. The Kier molecular flexibility index (Phi) is 16.1. The highest BCUT2D eigenvalue weighted by Gasteiger charge is 2.16. The number of carbonyl (C=O) groups is 1. The van der Waals surface area contributed by atoms with E-state index < -0.39 is 27.5 Å². The van der Waals surface area contributed by atoms with Crippen LogP contribution in [0.4, 0.5) is 20.2 Å². The van der Waals surface area contributed by atoms with Gasteiger partial charge in [0.15, 0.2) is 0 Å². The van der Waals surface area contributed by atoms with E-state index in [-0.39, 0.29) is 29.1 Å². The van der Waals surface area contributed by atoms with Crippen molar-refractivity contribution in [1.29, 1.82) is 0 Å². The van der Waals surface area contributed by atoms with E-state index in [1.165, 1.54) is 69.5 Å². The zero-order chi connectivity index (χ0) is 43.9. The molecule has 0 atom stereocenters. The summed E-state index contributed by atoms with van der Waals surface area (Å²) in [4.78, 5) is 33.0. The Morgan fingerprint density at radius 2 is 1.10 bits per heavy atom. The maximum absolute atomic E-state index is 13.9. The molecular weight excluding hydrogens is 791 g/mol. The summed E-state index contributed by atoms with van der Waals surface area (Å²) in [5, 5.41) is 31.4. The fourth-order valence-electron chi connectivity index (χ4n) is 6.55. The van der Waals surface area contributed by atoms with Crippen LogP contribution in [-0.4, -0.2) is 55.5 Å². The van der Waals surface area contributed by atoms with Crippen LogP contribution in [0.1, 0.15) is 51.0 Å². The predicted molar refractivity (Wildman–Crippen MR) is 226 cm³/mol. The molecule has 1 heterocycles. The number of hydrogen-bond donors (Lipinski definition) is 1. The molecule has 0 spiro atoms. The number of esters is 1. The molecule has 0 amide bonds. The monoisotopic (exact) mass is 834 g/mol. The lowest BCUT2D eigenvalue weighted by molar-refractivity contribution is -0.385. The molecule has 6 aromatic carbocycles. The number of methoxy groups -OCH3 is 3. The summed E-state index contributed by atoms with van der Waals surface area (Å²) < 4.78 is 47.8. The van der Waals surface area contributed by atoms with Gasteiger partial charge in [-0.15, -0.1) is 0 Å². The second kappa shape index (κ2) is 21.8. The number of halogens is 2. The Morgan fingerprint density at radius 3 is 1.52 bits per heavy atom. The molecule has 316 valence electrons. The first-order valence-corrected chi connectivity index (χ1v) is 19.1. The molecule has 12 nitrogen and oxygen atoms in total. The Morgan fingerprint density at radius 1 is 0.639 bits per heavy atom. The third kappa shape index (κ3) is 12.3. The first-order valence-electron chi connectivity index (χ1n) is 19.1. The van der Waals surface area contributed by atoms with E-state index in [0.29, 0.717) is 41.0 Å². The lowest BCUT2D eigenvalue weighted by Gasteiger charge is -2.12. The topological polar surface area (TPSA) is 161 Å². The number of nitrogens with zero attached hydrogens (tertiary/aromatic N) is 2. The van der Waals surface area contributed by atoms with Crippen molar-refractivity contribution in [3.05, 3.63) is 187 Å². The van der Waals surface area contributed by atoms with Crippen molar-refractivity contribution in [3.63, 3.8) is 0 Å². The molecule has 1 aliphatic rings. The molecule has 14 heteroatoms. The van der Waals surface area contributed by atoms with Gasteiger partial charge < -0.3 is 24.1 Å². The molecule has 6 aromatic rings. The van der Waals surface area contributed by atoms with Gasteiger partial charge in [-0.3, -0.25) is 20.2 Å². The Bertz CT molecular complexity index is 2480. The van der Waals surface area contributed by atoms with Gasteiger partial charge in [0, 0.05) is 54.2 Å². The summed E-state index contributed by atoms with van der Waals surface area (Å²) in [5.41, 5.74) is 6.26. The molecule has 0 saturated carbocycles. The van der Waals surface area contributed by atoms with Crippen molar-refractivity contribution in [1.82, 2.24) is 0 Å². The summed E-state index contributed by atoms with van der Waals surface area (Å²) in [6, 6.07) is 32.7. The van der Waals surface area contributed by atoms with Crippen LogP contribution in [0.15, 0.2) is 121 Å². The minimum Gasteiger partial charge on any atom is -0.496 e. The number of nitro benzene ring substituents is 2. The van der Waals surface area contributed by atoms with Crippen molar-refractivity contribution in [3.8, 4) is 33.8 Å². The van der Waals surface area contributed by atoms with Crippen LogP contribution >= 0.6 is 0 Å². The molecule has 0 radical (unpaired) electrons. The Hall–Kier alpha value is -7.03. The summed E-state index contributed by atoms with van der Waals surface area (Å²) >= 11 is 0. The lowest BCUT2D eigenvalue weighted by Crippen LogP contribution is -2.05. The van der Waals surface area contributed by atoms with Crippen LogP contribution in [0.3, 0.4) is 0 Å². The third-order valence-corrected chi connectivity index (χ3v) is 9.62. The normalized spacial score (nSPS) is 11.6. The largest absolute Gasteiger partial charge is 0.496 e. The standard InChI is InChI=1S/C22H18FNO5.C21H18FNO4.C4H8O/c1-28-21-9-7-15(10-14-6-8-20(23)19(12-14)22(25)29-2)11-18(21)16-4-3-5-17(13-16)24(26)27;1-27-21-8-6-15(9-14-5-7-20(22)17(10-14)13-24)11-19(21)16-3-2-4-18(12-16)23(25)26;1-2-4-5-3-1/h3-9,11-13H,10H2,1-2H3;2-8,10-12,24H,9,13H2,1H3;1-4H2. The van der Waals surface area contributed by atoms with E-state index in [0.717, 1.165) is 41.0 Å². The van der Waals surface area contributed by atoms with Gasteiger partial charge >= 0.3 is 5.97 Å². The molecule has 0 bridgehead atoms. The molecule has 1 aliphatic heterocycles. The molecule has 7 rings (SSSR count). The predicted octanol–water partition coefficient (Wildman–Crippen LogP) is 10.1. The number of nitro groups is 2. The molecule has 1 saturated heterocycles. The van der Waals surface area contributed by atoms with Gasteiger partial charge in [0.05, 0.1) is 43.3 Å². The number of rotatable bonds is 12. The van der Waals surface area contributed by atoms with Crippen molar-refractivity contribution < 1.29 is 47.5 Å². The van der Waals surface area contributed by atoms with Gasteiger partial charge in [-0.25, -0.2) is 13.6 Å². The highest BCUT2D eigenvalue weighted by atomic mass is 19.1. The van der Waals surface area contributed by atoms with Gasteiger partial charge in [0.2, 0.25) is 0 Å². The van der Waals surface area contributed by atoms with Gasteiger partial charge in [0.1, 0.15) is 23.1 Å². The number of aliphatic hydroxyl groups excluding tert-OH is 1. The van der Waals surface area contributed by atoms with Gasteiger partial charge in [0.25, 0.3) is 11.4 Å². The summed E-state index contributed by atoms with van der Waals surface area (Å²) in [6.07, 6.45) is 3.51. The minimum absolute atomic E-state index is 0.00563. The van der Waals surface area contributed by atoms with E-state index in [9.17, 15) is 38.9 Å². The van der Waals surface area contributed by atoms with Crippen LogP contribution < -0.4 is 9.47 Å². The van der Waals surface area contributed by atoms with Crippen LogP contribution in [0.2, 0.25) is 0 Å². The zero-order valence-corrected chi connectivity index (χ0v) is 33.8. The Balaban J connectivity index is 0.000000207. The zero-order valence-electron chi connectivity index (χ0n) is 33.8.